The molecule has 7 heteroatoms. The van der Waals surface area contributed by atoms with Gasteiger partial charge in [-0.2, -0.15) is 0 Å². The van der Waals surface area contributed by atoms with E-state index in [1.165, 1.54) is 17.8 Å². The Labute approximate surface area is 113 Å². The largest absolute Gasteiger partial charge is 0.507 e. The summed E-state index contributed by atoms with van der Waals surface area (Å²) >= 11 is 1.18. The molecule has 0 amide bonds. The number of aromatic hydroxyl groups is 1. The molecule has 1 heterocycles. The minimum atomic E-state index is -0.327. The van der Waals surface area contributed by atoms with Gasteiger partial charge < -0.3 is 14.8 Å². The number of aromatic amines is 1. The summed E-state index contributed by atoms with van der Waals surface area (Å²) in [5, 5.41) is 10.0. The van der Waals surface area contributed by atoms with Crippen LogP contribution in [0, 0.1) is 0 Å². The maximum Gasteiger partial charge on any atom is 0.316 e. The van der Waals surface area contributed by atoms with Crippen molar-refractivity contribution in [1.82, 2.24) is 9.97 Å². The van der Waals surface area contributed by atoms with Gasteiger partial charge in [-0.3, -0.25) is 9.59 Å². The number of nitrogens with zero attached hydrogens (tertiary/aromatic N) is 1. The second kappa shape index (κ2) is 5.75. The Bertz CT molecular complexity index is 623. The van der Waals surface area contributed by atoms with Gasteiger partial charge in [0.1, 0.15) is 11.3 Å². The van der Waals surface area contributed by atoms with Crippen molar-refractivity contribution in [2.45, 2.75) is 12.1 Å². The standard InChI is InChI=1S/C12H12N2O4S/c1-2-18-10(17)6-19-12-13-8-3-4-9(16)7(5-15)11(8)14-12/h3-5,16H,2,6H2,1H3,(H,13,14). The lowest BCUT2D eigenvalue weighted by Gasteiger charge is -1.98. The van der Waals surface area contributed by atoms with E-state index in [2.05, 4.69) is 9.97 Å². The van der Waals surface area contributed by atoms with Crippen molar-refractivity contribution < 1.29 is 19.4 Å². The zero-order valence-corrected chi connectivity index (χ0v) is 11.0. The maximum absolute atomic E-state index is 11.2. The summed E-state index contributed by atoms with van der Waals surface area (Å²) < 4.78 is 4.80. The fraction of sp³-hybridized carbons (Fsp3) is 0.250. The number of benzene rings is 1. The van der Waals surface area contributed by atoms with Crippen molar-refractivity contribution in [3.63, 3.8) is 0 Å². The number of carbonyl (C=O) groups is 2. The van der Waals surface area contributed by atoms with E-state index in [0.717, 1.165) is 0 Å². The van der Waals surface area contributed by atoms with Crippen molar-refractivity contribution >= 4 is 35.1 Å². The number of phenolic OH excluding ortho intramolecular Hbond substituents is 1. The van der Waals surface area contributed by atoms with E-state index in [1.54, 1.807) is 13.0 Å². The minimum absolute atomic E-state index is 0.115. The van der Waals surface area contributed by atoms with Gasteiger partial charge in [-0.05, 0) is 19.1 Å². The summed E-state index contributed by atoms with van der Waals surface area (Å²) in [5.41, 5.74) is 1.16. The predicted octanol–water partition coefficient (Wildman–Crippen LogP) is 1.74. The molecule has 6 nitrogen and oxygen atoms in total. The third-order valence-electron chi connectivity index (χ3n) is 2.40. The monoisotopic (exact) mass is 280 g/mol. The molecular formula is C12H12N2O4S. The van der Waals surface area contributed by atoms with E-state index in [-0.39, 0.29) is 23.0 Å². The van der Waals surface area contributed by atoms with Crippen LogP contribution >= 0.6 is 11.8 Å². The zero-order valence-electron chi connectivity index (χ0n) is 10.2. The normalized spacial score (nSPS) is 10.6. The first-order chi connectivity index (χ1) is 9.15. The van der Waals surface area contributed by atoms with Gasteiger partial charge in [0, 0.05) is 0 Å². The Morgan fingerprint density at radius 1 is 1.58 bits per heavy atom. The van der Waals surface area contributed by atoms with Crippen LogP contribution < -0.4 is 0 Å². The van der Waals surface area contributed by atoms with Crippen molar-refractivity contribution in [3.05, 3.63) is 17.7 Å². The molecule has 19 heavy (non-hydrogen) atoms. The number of thioether (sulfide) groups is 1. The lowest BCUT2D eigenvalue weighted by atomic mass is 10.2. The second-order valence-corrected chi connectivity index (χ2v) is 4.61. The number of hydrogen-bond donors (Lipinski definition) is 2. The number of ether oxygens (including phenoxy) is 1. The molecule has 0 saturated carbocycles. The van der Waals surface area contributed by atoms with E-state index in [1.807, 2.05) is 0 Å². The summed E-state index contributed by atoms with van der Waals surface area (Å²) in [5.74, 6) is -0.307. The van der Waals surface area contributed by atoms with Crippen LogP contribution in [0.1, 0.15) is 17.3 Å². The highest BCUT2D eigenvalue weighted by Gasteiger charge is 2.12. The summed E-state index contributed by atoms with van der Waals surface area (Å²) in [6.45, 7) is 2.07. The predicted molar refractivity (Wildman–Crippen MR) is 70.5 cm³/mol. The quantitative estimate of drug-likeness (QED) is 0.492. The number of rotatable bonds is 5. The molecule has 2 rings (SSSR count). The number of H-pyrrole nitrogens is 1. The number of aldehydes is 1. The number of hydrogen-bond acceptors (Lipinski definition) is 6. The topological polar surface area (TPSA) is 92.3 Å². The van der Waals surface area contributed by atoms with E-state index < -0.39 is 0 Å². The number of nitrogens with one attached hydrogen (secondary N) is 1. The van der Waals surface area contributed by atoms with Crippen molar-refractivity contribution in [1.29, 1.82) is 0 Å². The first-order valence-corrected chi connectivity index (χ1v) is 6.59. The number of esters is 1. The van der Waals surface area contributed by atoms with Crippen LogP contribution in [0.4, 0.5) is 0 Å². The highest BCUT2D eigenvalue weighted by atomic mass is 32.2. The molecule has 0 aliphatic heterocycles. The van der Waals surface area contributed by atoms with Crippen molar-refractivity contribution in [2.24, 2.45) is 0 Å². The third kappa shape index (κ3) is 2.87. The summed E-state index contributed by atoms with van der Waals surface area (Å²) in [4.78, 5) is 29.3. The fourth-order valence-corrected chi connectivity index (χ4v) is 2.25. The lowest BCUT2D eigenvalue weighted by Crippen LogP contribution is -2.06. The average molecular weight is 280 g/mol. The number of aromatic nitrogens is 2. The molecule has 0 saturated heterocycles. The lowest BCUT2D eigenvalue weighted by molar-refractivity contribution is -0.139. The molecule has 0 aliphatic carbocycles. The number of carbonyl (C=O) groups excluding carboxylic acids is 2. The smallest absolute Gasteiger partial charge is 0.316 e. The third-order valence-corrected chi connectivity index (χ3v) is 3.25. The average Bonchev–Trinajstić information content (AvgIpc) is 2.80. The first kappa shape index (κ1) is 13.4. The molecule has 2 N–H and O–H groups in total. The van der Waals surface area contributed by atoms with Gasteiger partial charge in [0.15, 0.2) is 11.4 Å². The molecule has 0 radical (unpaired) electrons. The van der Waals surface area contributed by atoms with E-state index in [4.69, 9.17) is 4.74 Å². The molecule has 0 spiro atoms. The van der Waals surface area contributed by atoms with Gasteiger partial charge in [0.05, 0.1) is 23.4 Å². The SMILES string of the molecule is CCOC(=O)CSc1nc2c(C=O)c(O)ccc2[nH]1. The molecule has 0 fully saturated rings. The number of imidazole rings is 1. The summed E-state index contributed by atoms with van der Waals surface area (Å²) in [6.07, 6.45) is 0.554. The van der Waals surface area contributed by atoms with Crippen LogP contribution in [0.3, 0.4) is 0 Å². The second-order valence-electron chi connectivity index (χ2n) is 3.65. The molecule has 0 aliphatic rings. The van der Waals surface area contributed by atoms with Crippen LogP contribution in [-0.2, 0) is 9.53 Å². The summed E-state index contributed by atoms with van der Waals surface area (Å²) in [6, 6.07) is 3.04. The van der Waals surface area contributed by atoms with Gasteiger partial charge in [0.25, 0.3) is 0 Å². The van der Waals surface area contributed by atoms with Crippen molar-refractivity contribution in [2.75, 3.05) is 12.4 Å². The van der Waals surface area contributed by atoms with Crippen LogP contribution in [0.2, 0.25) is 0 Å². The molecule has 0 atom stereocenters. The van der Waals surface area contributed by atoms with E-state index in [9.17, 15) is 14.7 Å². The van der Waals surface area contributed by atoms with Gasteiger partial charge in [-0.1, -0.05) is 11.8 Å². The molecular weight excluding hydrogens is 268 g/mol. The van der Waals surface area contributed by atoms with Crippen LogP contribution in [-0.4, -0.2) is 39.7 Å². The van der Waals surface area contributed by atoms with Gasteiger partial charge >= 0.3 is 5.97 Å². The maximum atomic E-state index is 11.2. The zero-order chi connectivity index (χ0) is 13.8. The van der Waals surface area contributed by atoms with Gasteiger partial charge in [0.2, 0.25) is 0 Å². The van der Waals surface area contributed by atoms with E-state index >= 15 is 0 Å². The Morgan fingerprint density at radius 2 is 2.37 bits per heavy atom. The van der Waals surface area contributed by atoms with Crippen molar-refractivity contribution in [3.8, 4) is 5.75 Å². The number of fused-ring (bicyclic) bond motifs is 1. The highest BCUT2D eigenvalue weighted by molar-refractivity contribution is 7.99. The van der Waals surface area contributed by atoms with Gasteiger partial charge in [-0.25, -0.2) is 4.98 Å². The Balaban J connectivity index is 2.22. The molecule has 1 aromatic carbocycles. The number of phenols is 1. The molecule has 2 aromatic rings. The molecule has 1 aromatic heterocycles. The van der Waals surface area contributed by atoms with E-state index in [0.29, 0.717) is 29.1 Å². The molecule has 100 valence electrons. The highest BCUT2D eigenvalue weighted by Crippen LogP contribution is 2.26. The first-order valence-electron chi connectivity index (χ1n) is 5.61. The fourth-order valence-electron chi connectivity index (χ4n) is 1.58. The van der Waals surface area contributed by atoms with Crippen LogP contribution in [0.25, 0.3) is 11.0 Å². The minimum Gasteiger partial charge on any atom is -0.507 e. The summed E-state index contributed by atoms with van der Waals surface area (Å²) in [7, 11) is 0. The van der Waals surface area contributed by atoms with Crippen LogP contribution in [0.15, 0.2) is 17.3 Å². The van der Waals surface area contributed by atoms with Gasteiger partial charge in [-0.15, -0.1) is 0 Å². The Morgan fingerprint density at radius 3 is 3.05 bits per heavy atom. The Hall–Kier alpha value is -2.02. The molecule has 0 unspecified atom stereocenters. The van der Waals surface area contributed by atoms with Crippen LogP contribution in [0.5, 0.6) is 5.75 Å². The Kier molecular flexibility index (Phi) is 4.06. The molecule has 0 bridgehead atoms.